The molecule has 3 aromatic rings. The van der Waals surface area contributed by atoms with Gasteiger partial charge in [0.15, 0.2) is 0 Å². The Balaban J connectivity index is 1.55. The van der Waals surface area contributed by atoms with Gasteiger partial charge in [0.1, 0.15) is 6.04 Å². The van der Waals surface area contributed by atoms with E-state index in [-0.39, 0.29) is 43.2 Å². The summed E-state index contributed by atoms with van der Waals surface area (Å²) in [5, 5.41) is 13.5. The van der Waals surface area contributed by atoms with Gasteiger partial charge in [-0.3, -0.25) is 14.4 Å². The summed E-state index contributed by atoms with van der Waals surface area (Å²) in [6.07, 6.45) is 2.11. The highest BCUT2D eigenvalue weighted by molar-refractivity contribution is 7.10. The molecule has 2 amide bonds. The van der Waals surface area contributed by atoms with Crippen LogP contribution in [0.5, 0.6) is 0 Å². The molecule has 1 aromatic carbocycles. The Labute approximate surface area is 215 Å². The fourth-order valence-corrected chi connectivity index (χ4v) is 5.08. The van der Waals surface area contributed by atoms with E-state index in [4.69, 9.17) is 5.11 Å². The Kier molecular flexibility index (Phi) is 7.59. The van der Waals surface area contributed by atoms with E-state index < -0.39 is 12.0 Å². The molecule has 9 heteroatoms. The number of benzene rings is 1. The maximum Gasteiger partial charge on any atom is 0.305 e. The third kappa shape index (κ3) is 6.02. The van der Waals surface area contributed by atoms with Crippen molar-refractivity contribution < 1.29 is 19.5 Å². The van der Waals surface area contributed by atoms with Crippen LogP contribution in [-0.2, 0) is 45.7 Å². The Morgan fingerprint density at radius 3 is 2.56 bits per heavy atom. The maximum absolute atomic E-state index is 13.3. The summed E-state index contributed by atoms with van der Waals surface area (Å²) in [6, 6.07) is 11.6. The molecule has 0 bridgehead atoms. The summed E-state index contributed by atoms with van der Waals surface area (Å²) < 4.78 is 2.05. The van der Waals surface area contributed by atoms with Gasteiger partial charge in [0.05, 0.1) is 37.1 Å². The zero-order valence-corrected chi connectivity index (χ0v) is 21.7. The lowest BCUT2D eigenvalue weighted by molar-refractivity contribution is -0.142. The summed E-state index contributed by atoms with van der Waals surface area (Å²) in [6.45, 7) is 7.47. The number of hydrogen-bond donors (Lipinski definition) is 2. The third-order valence-corrected chi connectivity index (χ3v) is 7.33. The first kappa shape index (κ1) is 25.6. The number of nitrogens with zero attached hydrogens (tertiary/aromatic N) is 3. The van der Waals surface area contributed by atoms with Crippen molar-refractivity contribution in [1.82, 2.24) is 19.8 Å². The molecule has 36 heavy (non-hydrogen) atoms. The van der Waals surface area contributed by atoms with Gasteiger partial charge in [0.25, 0.3) is 0 Å². The molecule has 1 unspecified atom stereocenters. The largest absolute Gasteiger partial charge is 0.481 e. The smallest absolute Gasteiger partial charge is 0.305 e. The number of carboxylic acid groups (broad SMARTS) is 1. The van der Waals surface area contributed by atoms with Crippen LogP contribution in [0.4, 0.5) is 0 Å². The Hall–Kier alpha value is -3.46. The summed E-state index contributed by atoms with van der Waals surface area (Å²) in [5.41, 5.74) is 4.19. The van der Waals surface area contributed by atoms with Gasteiger partial charge in [-0.2, -0.15) is 0 Å². The van der Waals surface area contributed by atoms with Gasteiger partial charge in [0.2, 0.25) is 11.8 Å². The predicted molar refractivity (Wildman–Crippen MR) is 138 cm³/mol. The molecule has 2 N–H and O–H groups in total. The fourth-order valence-electron chi connectivity index (χ4n) is 4.38. The number of aromatic nitrogens is 2. The summed E-state index contributed by atoms with van der Waals surface area (Å²) in [7, 11) is 0. The van der Waals surface area contributed by atoms with Crippen molar-refractivity contribution in [2.45, 2.75) is 64.6 Å². The van der Waals surface area contributed by atoms with Gasteiger partial charge >= 0.3 is 5.97 Å². The molecular formula is C27H32N4O4S. The quantitative estimate of drug-likeness (QED) is 0.486. The molecule has 1 atom stereocenters. The van der Waals surface area contributed by atoms with E-state index in [1.165, 1.54) is 16.9 Å². The Bertz CT molecular complexity index is 1230. The topological polar surface area (TPSA) is 105 Å². The second kappa shape index (κ2) is 10.7. The van der Waals surface area contributed by atoms with Crippen LogP contribution in [0.15, 0.2) is 48.1 Å². The van der Waals surface area contributed by atoms with Gasteiger partial charge in [-0.15, -0.1) is 11.3 Å². The number of rotatable bonds is 8. The lowest BCUT2D eigenvalue weighted by Crippen LogP contribution is -2.53. The average Bonchev–Trinajstić information content (AvgIpc) is 3.47. The number of carboxylic acids is 1. The molecule has 2 aromatic heterocycles. The second-order valence-electron chi connectivity index (χ2n) is 10.1. The summed E-state index contributed by atoms with van der Waals surface area (Å²) in [5.74, 6) is -1.47. The highest BCUT2D eigenvalue weighted by Gasteiger charge is 2.36. The standard InChI is InChI=1S/C27H32N4O4S/c1-27(2,3)19-8-6-18(7-9-19)15-30-17-29-21-14-22(26(35)28-11-10-25(33)34)31(16-23(21)30)24(32)13-20-5-4-12-36-20/h4-9,12,17,22H,10-11,13-16H2,1-3H3,(H,28,35)(H,33,34). The van der Waals surface area contributed by atoms with E-state index >= 15 is 0 Å². The molecule has 8 nitrogen and oxygen atoms in total. The molecule has 0 fully saturated rings. The van der Waals surface area contributed by atoms with Crippen LogP contribution >= 0.6 is 11.3 Å². The molecule has 0 saturated heterocycles. The minimum atomic E-state index is -0.985. The lowest BCUT2D eigenvalue weighted by Gasteiger charge is -2.35. The van der Waals surface area contributed by atoms with Crippen molar-refractivity contribution >= 4 is 29.1 Å². The average molecular weight is 509 g/mol. The molecule has 0 aliphatic carbocycles. The van der Waals surface area contributed by atoms with Crippen molar-refractivity contribution in [1.29, 1.82) is 0 Å². The Morgan fingerprint density at radius 1 is 1.17 bits per heavy atom. The number of amides is 2. The lowest BCUT2D eigenvalue weighted by atomic mass is 9.87. The predicted octanol–water partition coefficient (Wildman–Crippen LogP) is 3.38. The number of carbonyl (C=O) groups is 3. The van der Waals surface area contributed by atoms with Crippen LogP contribution in [0.3, 0.4) is 0 Å². The summed E-state index contributed by atoms with van der Waals surface area (Å²) in [4.78, 5) is 44.3. The van der Waals surface area contributed by atoms with Crippen molar-refractivity contribution in [3.05, 3.63) is 75.5 Å². The second-order valence-corrected chi connectivity index (χ2v) is 11.2. The van der Waals surface area contributed by atoms with E-state index in [9.17, 15) is 14.4 Å². The van der Waals surface area contributed by atoms with Gasteiger partial charge in [-0.1, -0.05) is 51.1 Å². The number of hydrogen-bond acceptors (Lipinski definition) is 5. The van der Waals surface area contributed by atoms with Crippen LogP contribution in [0.2, 0.25) is 0 Å². The third-order valence-electron chi connectivity index (χ3n) is 6.46. The minimum Gasteiger partial charge on any atom is -0.481 e. The first-order valence-corrected chi connectivity index (χ1v) is 12.9. The number of fused-ring (bicyclic) bond motifs is 1. The van der Waals surface area contributed by atoms with Crippen molar-refractivity contribution in [2.24, 2.45) is 0 Å². The highest BCUT2D eigenvalue weighted by Crippen LogP contribution is 2.26. The van der Waals surface area contributed by atoms with E-state index in [0.717, 1.165) is 21.8 Å². The molecule has 0 saturated carbocycles. The zero-order valence-electron chi connectivity index (χ0n) is 20.9. The summed E-state index contributed by atoms with van der Waals surface area (Å²) >= 11 is 1.51. The van der Waals surface area contributed by atoms with Gasteiger partial charge in [-0.05, 0) is 28.0 Å². The van der Waals surface area contributed by atoms with Crippen LogP contribution < -0.4 is 5.32 Å². The molecule has 1 aliphatic heterocycles. The van der Waals surface area contributed by atoms with Crippen LogP contribution in [-0.4, -0.2) is 49.9 Å². The number of thiophene rings is 1. The normalized spacial score (nSPS) is 15.4. The van der Waals surface area contributed by atoms with E-state index in [1.807, 2.05) is 22.1 Å². The number of aliphatic carboxylic acids is 1. The van der Waals surface area contributed by atoms with Crippen LogP contribution in [0, 0.1) is 0 Å². The van der Waals surface area contributed by atoms with Gasteiger partial charge < -0.3 is 19.9 Å². The van der Waals surface area contributed by atoms with Crippen molar-refractivity contribution in [3.8, 4) is 0 Å². The highest BCUT2D eigenvalue weighted by atomic mass is 32.1. The minimum absolute atomic E-state index is 0.0173. The van der Waals surface area contributed by atoms with Gasteiger partial charge in [-0.25, -0.2) is 4.98 Å². The fraction of sp³-hybridized carbons (Fsp3) is 0.407. The maximum atomic E-state index is 13.3. The molecule has 190 valence electrons. The van der Waals surface area contributed by atoms with Crippen molar-refractivity contribution in [3.63, 3.8) is 0 Å². The first-order valence-electron chi connectivity index (χ1n) is 12.1. The zero-order chi connectivity index (χ0) is 25.9. The first-order chi connectivity index (χ1) is 17.1. The molecule has 1 aliphatic rings. The van der Waals surface area contributed by atoms with Crippen LogP contribution in [0.25, 0.3) is 0 Å². The number of imidazole rings is 1. The molecule has 0 spiro atoms. The van der Waals surface area contributed by atoms with Crippen molar-refractivity contribution in [2.75, 3.05) is 6.54 Å². The monoisotopic (exact) mass is 508 g/mol. The molecule has 4 rings (SSSR count). The SMILES string of the molecule is CC(C)(C)c1ccc(Cn2cnc3c2CN(C(=O)Cc2cccs2)C(C(=O)NCCC(=O)O)C3)cc1. The van der Waals surface area contributed by atoms with Gasteiger partial charge in [0, 0.05) is 24.4 Å². The molecule has 3 heterocycles. The van der Waals surface area contributed by atoms with E-state index in [0.29, 0.717) is 13.0 Å². The molecular weight excluding hydrogens is 476 g/mol. The van der Waals surface area contributed by atoms with Crippen LogP contribution in [0.1, 0.15) is 54.6 Å². The van der Waals surface area contributed by atoms with E-state index in [1.54, 1.807) is 11.2 Å². The molecule has 0 radical (unpaired) electrons. The van der Waals surface area contributed by atoms with E-state index in [2.05, 4.69) is 55.3 Å². The number of nitrogens with one attached hydrogen (secondary N) is 1. The number of carbonyl (C=O) groups excluding carboxylic acids is 2. The Morgan fingerprint density at radius 2 is 1.92 bits per heavy atom.